The van der Waals surface area contributed by atoms with Crippen LogP contribution in [-0.2, 0) is 11.3 Å². The van der Waals surface area contributed by atoms with Crippen molar-refractivity contribution in [3.63, 3.8) is 0 Å². The summed E-state index contributed by atoms with van der Waals surface area (Å²) < 4.78 is 1.34. The van der Waals surface area contributed by atoms with E-state index in [9.17, 15) is 9.59 Å². The molecule has 0 radical (unpaired) electrons. The first kappa shape index (κ1) is 16.7. The standard InChI is InChI=1S/C19H18N4O2/c1-13-10-14(2)22(19(25)16(13)11-20)12-18(24)23-9-8-17(21-23)15-6-4-3-5-7-15/h3-7,10H,8-9,12H2,1-2H3. The number of hydrazone groups is 1. The third kappa shape index (κ3) is 3.22. The van der Waals surface area contributed by atoms with Crippen LogP contribution in [0.3, 0.4) is 0 Å². The highest BCUT2D eigenvalue weighted by Crippen LogP contribution is 2.14. The van der Waals surface area contributed by atoms with Gasteiger partial charge in [0.25, 0.3) is 11.5 Å². The second-order valence-electron chi connectivity index (χ2n) is 6.03. The molecule has 0 aliphatic carbocycles. The van der Waals surface area contributed by atoms with Gasteiger partial charge in [0.05, 0.1) is 12.3 Å². The van der Waals surface area contributed by atoms with E-state index in [2.05, 4.69) is 5.10 Å². The Morgan fingerprint density at radius 2 is 2.00 bits per heavy atom. The van der Waals surface area contributed by atoms with Crippen molar-refractivity contribution in [1.29, 1.82) is 5.26 Å². The lowest BCUT2D eigenvalue weighted by atomic mass is 10.1. The first-order valence-electron chi connectivity index (χ1n) is 8.05. The van der Waals surface area contributed by atoms with Gasteiger partial charge < -0.3 is 4.57 Å². The molecule has 0 bridgehead atoms. The van der Waals surface area contributed by atoms with Crippen LogP contribution in [0.4, 0.5) is 0 Å². The summed E-state index contributed by atoms with van der Waals surface area (Å²) in [5.74, 6) is -0.260. The van der Waals surface area contributed by atoms with E-state index in [-0.39, 0.29) is 18.0 Å². The van der Waals surface area contributed by atoms with Gasteiger partial charge in [-0.25, -0.2) is 5.01 Å². The predicted octanol–water partition coefficient (Wildman–Crippen LogP) is 1.97. The minimum Gasteiger partial charge on any atom is -0.302 e. The number of hydrogen-bond acceptors (Lipinski definition) is 4. The van der Waals surface area contributed by atoms with Crippen LogP contribution < -0.4 is 5.56 Å². The summed E-state index contributed by atoms with van der Waals surface area (Å²) in [5.41, 5.74) is 2.78. The summed E-state index contributed by atoms with van der Waals surface area (Å²) >= 11 is 0. The van der Waals surface area contributed by atoms with Gasteiger partial charge in [0.2, 0.25) is 0 Å². The van der Waals surface area contributed by atoms with E-state index < -0.39 is 5.56 Å². The van der Waals surface area contributed by atoms with Crippen LogP contribution in [0.15, 0.2) is 46.3 Å². The lowest BCUT2D eigenvalue weighted by Crippen LogP contribution is -2.34. The Hall–Kier alpha value is -3.20. The van der Waals surface area contributed by atoms with Gasteiger partial charge in [-0.3, -0.25) is 9.59 Å². The minimum atomic E-state index is -0.431. The number of carbonyl (C=O) groups is 1. The van der Waals surface area contributed by atoms with Gasteiger partial charge in [0.1, 0.15) is 18.2 Å². The average Bonchev–Trinajstić information content (AvgIpc) is 3.09. The smallest absolute Gasteiger partial charge is 0.269 e. The number of nitriles is 1. The maximum atomic E-state index is 12.6. The largest absolute Gasteiger partial charge is 0.302 e. The van der Waals surface area contributed by atoms with Crippen molar-refractivity contribution in [2.75, 3.05) is 6.54 Å². The van der Waals surface area contributed by atoms with Crippen molar-refractivity contribution in [1.82, 2.24) is 9.58 Å². The number of hydrogen-bond donors (Lipinski definition) is 0. The SMILES string of the molecule is Cc1cc(C)n(CC(=O)N2CCC(c3ccccc3)=N2)c(=O)c1C#N. The zero-order valence-electron chi connectivity index (χ0n) is 14.2. The molecule has 1 aromatic heterocycles. The molecule has 2 aromatic rings. The molecule has 0 spiro atoms. The summed E-state index contributed by atoms with van der Waals surface area (Å²) in [6.45, 7) is 3.85. The van der Waals surface area contributed by atoms with Gasteiger partial charge in [0, 0.05) is 12.1 Å². The molecule has 0 unspecified atom stereocenters. The second-order valence-corrected chi connectivity index (χ2v) is 6.03. The van der Waals surface area contributed by atoms with Crippen molar-refractivity contribution in [2.24, 2.45) is 5.10 Å². The zero-order valence-corrected chi connectivity index (χ0v) is 14.2. The summed E-state index contributed by atoms with van der Waals surface area (Å²) in [6, 6.07) is 13.4. The van der Waals surface area contributed by atoms with E-state index in [1.165, 1.54) is 9.58 Å². The lowest BCUT2D eigenvalue weighted by Gasteiger charge is -2.15. The molecule has 0 atom stereocenters. The van der Waals surface area contributed by atoms with Crippen LogP contribution in [0.2, 0.25) is 0 Å². The Balaban J connectivity index is 1.84. The maximum Gasteiger partial charge on any atom is 0.269 e. The van der Waals surface area contributed by atoms with Gasteiger partial charge in [0.15, 0.2) is 0 Å². The van der Waals surface area contributed by atoms with Gasteiger partial charge in [-0.2, -0.15) is 10.4 Å². The Morgan fingerprint density at radius 1 is 1.28 bits per heavy atom. The van der Waals surface area contributed by atoms with Crippen molar-refractivity contribution in [2.45, 2.75) is 26.8 Å². The third-order valence-electron chi connectivity index (χ3n) is 4.31. The van der Waals surface area contributed by atoms with E-state index in [1.54, 1.807) is 19.9 Å². The van der Waals surface area contributed by atoms with E-state index >= 15 is 0 Å². The molecule has 0 fully saturated rings. The Labute approximate surface area is 145 Å². The number of aromatic nitrogens is 1. The van der Waals surface area contributed by atoms with Crippen LogP contribution in [0, 0.1) is 25.2 Å². The van der Waals surface area contributed by atoms with Crippen LogP contribution in [0.1, 0.15) is 28.8 Å². The minimum absolute atomic E-state index is 0.0771. The van der Waals surface area contributed by atoms with Crippen LogP contribution in [0.25, 0.3) is 0 Å². The molecule has 0 saturated heterocycles. The van der Waals surface area contributed by atoms with Crippen molar-refractivity contribution in [3.05, 3.63) is 69.1 Å². The molecule has 6 heteroatoms. The second kappa shape index (κ2) is 6.73. The van der Waals surface area contributed by atoms with Crippen LogP contribution in [-0.4, -0.2) is 27.7 Å². The zero-order chi connectivity index (χ0) is 18.0. The average molecular weight is 334 g/mol. The molecular weight excluding hydrogens is 316 g/mol. The Kier molecular flexibility index (Phi) is 4.48. The highest BCUT2D eigenvalue weighted by Gasteiger charge is 2.23. The van der Waals surface area contributed by atoms with E-state index in [0.717, 1.165) is 11.3 Å². The molecule has 0 saturated carbocycles. The molecule has 1 aromatic carbocycles. The van der Waals surface area contributed by atoms with Gasteiger partial charge >= 0.3 is 0 Å². The molecule has 1 aliphatic rings. The first-order valence-corrected chi connectivity index (χ1v) is 8.05. The number of amides is 1. The molecule has 6 nitrogen and oxygen atoms in total. The number of carbonyl (C=O) groups excluding carboxylic acids is 1. The molecule has 1 amide bonds. The summed E-state index contributed by atoms with van der Waals surface area (Å²) in [6.07, 6.45) is 0.682. The van der Waals surface area contributed by atoms with Crippen molar-refractivity contribution in [3.8, 4) is 6.07 Å². The fourth-order valence-corrected chi connectivity index (χ4v) is 2.95. The van der Waals surface area contributed by atoms with Crippen LogP contribution in [0.5, 0.6) is 0 Å². The highest BCUT2D eigenvalue weighted by atomic mass is 16.2. The normalized spacial score (nSPS) is 13.5. The molecule has 1 aliphatic heterocycles. The Morgan fingerprint density at radius 3 is 2.68 bits per heavy atom. The lowest BCUT2D eigenvalue weighted by molar-refractivity contribution is -0.131. The van der Waals surface area contributed by atoms with E-state index in [1.807, 2.05) is 36.4 Å². The van der Waals surface area contributed by atoms with E-state index in [0.29, 0.717) is 24.2 Å². The molecule has 25 heavy (non-hydrogen) atoms. The summed E-state index contributed by atoms with van der Waals surface area (Å²) in [5, 5.41) is 14.9. The summed E-state index contributed by atoms with van der Waals surface area (Å²) in [4.78, 5) is 25.0. The summed E-state index contributed by atoms with van der Waals surface area (Å²) in [7, 11) is 0. The number of rotatable bonds is 3. The van der Waals surface area contributed by atoms with Gasteiger partial charge in [-0.1, -0.05) is 30.3 Å². The van der Waals surface area contributed by atoms with E-state index in [4.69, 9.17) is 5.26 Å². The fourth-order valence-electron chi connectivity index (χ4n) is 2.95. The molecular formula is C19H18N4O2. The fraction of sp³-hybridized carbons (Fsp3) is 0.263. The number of pyridine rings is 1. The Bertz CT molecular complexity index is 952. The van der Waals surface area contributed by atoms with Crippen molar-refractivity contribution >= 4 is 11.6 Å². The topological polar surface area (TPSA) is 78.5 Å². The number of aryl methyl sites for hydroxylation is 2. The molecule has 0 N–H and O–H groups in total. The predicted molar refractivity (Wildman–Crippen MR) is 94.2 cm³/mol. The van der Waals surface area contributed by atoms with Gasteiger partial charge in [-0.15, -0.1) is 0 Å². The number of benzene rings is 1. The molecule has 2 heterocycles. The van der Waals surface area contributed by atoms with Gasteiger partial charge in [-0.05, 0) is 31.0 Å². The van der Waals surface area contributed by atoms with Crippen molar-refractivity contribution < 1.29 is 4.79 Å². The maximum absolute atomic E-state index is 12.6. The quantitative estimate of drug-likeness (QED) is 0.861. The molecule has 3 rings (SSSR count). The third-order valence-corrected chi connectivity index (χ3v) is 4.31. The molecule has 126 valence electrons. The monoisotopic (exact) mass is 334 g/mol. The number of nitrogens with zero attached hydrogens (tertiary/aromatic N) is 4. The first-order chi connectivity index (χ1) is 12.0. The van der Waals surface area contributed by atoms with Crippen LogP contribution >= 0.6 is 0 Å². The highest BCUT2D eigenvalue weighted by molar-refractivity contribution is 6.02.